The Labute approximate surface area is 108 Å². The lowest BCUT2D eigenvalue weighted by Gasteiger charge is -2.08. The van der Waals surface area contributed by atoms with Crippen LogP contribution in [0.5, 0.6) is 5.75 Å². The van der Waals surface area contributed by atoms with Gasteiger partial charge in [-0.05, 0) is 36.6 Å². The lowest BCUT2D eigenvalue weighted by atomic mass is 10.0. The van der Waals surface area contributed by atoms with Crippen molar-refractivity contribution in [3.05, 3.63) is 58.9 Å². The molecule has 0 radical (unpaired) electrons. The molecule has 0 saturated heterocycles. The number of benzene rings is 1. The summed E-state index contributed by atoms with van der Waals surface area (Å²) in [6.45, 7) is 3.97. The van der Waals surface area contributed by atoms with Gasteiger partial charge in [-0.15, -0.1) is 12.4 Å². The topological polar surface area (TPSA) is 33.1 Å². The zero-order chi connectivity index (χ0) is 11.5. The van der Waals surface area contributed by atoms with Crippen molar-refractivity contribution >= 4 is 12.4 Å². The first-order valence-corrected chi connectivity index (χ1v) is 5.35. The molecule has 0 bridgehead atoms. The van der Waals surface area contributed by atoms with E-state index in [1.54, 1.807) is 6.20 Å². The maximum atomic E-state index is 9.96. The summed E-state index contributed by atoms with van der Waals surface area (Å²) in [5.74, 6) is 0.398. The molecule has 1 aromatic carbocycles. The fourth-order valence-corrected chi connectivity index (χ4v) is 1.91. The Balaban J connectivity index is 0.00000144. The van der Waals surface area contributed by atoms with Crippen molar-refractivity contribution in [2.24, 2.45) is 0 Å². The first-order valence-electron chi connectivity index (χ1n) is 5.35. The predicted molar refractivity (Wildman–Crippen MR) is 71.9 cm³/mol. The molecule has 0 aliphatic carbocycles. The largest absolute Gasteiger partial charge is 0.507 e. The molecule has 0 spiro atoms. The van der Waals surface area contributed by atoms with E-state index in [4.69, 9.17) is 0 Å². The van der Waals surface area contributed by atoms with Gasteiger partial charge < -0.3 is 5.11 Å². The van der Waals surface area contributed by atoms with Crippen LogP contribution in [-0.4, -0.2) is 10.1 Å². The van der Waals surface area contributed by atoms with E-state index in [1.807, 2.05) is 44.3 Å². The maximum Gasteiger partial charge on any atom is 0.122 e. The second kappa shape index (κ2) is 5.69. The lowest BCUT2D eigenvalue weighted by molar-refractivity contribution is 0.465. The Morgan fingerprint density at radius 3 is 2.65 bits per heavy atom. The summed E-state index contributed by atoms with van der Waals surface area (Å²) in [6, 6.07) is 7.94. The SMILES string of the molecule is Cc1cc(C)c(O)c(Cc2cccnc2)c1.Cl. The van der Waals surface area contributed by atoms with Crippen molar-refractivity contribution in [1.29, 1.82) is 0 Å². The molecule has 0 atom stereocenters. The molecule has 1 heterocycles. The van der Waals surface area contributed by atoms with Crippen molar-refractivity contribution in [1.82, 2.24) is 4.98 Å². The van der Waals surface area contributed by atoms with Crippen LogP contribution in [0, 0.1) is 13.8 Å². The molecular weight excluding hydrogens is 234 g/mol. The highest BCUT2D eigenvalue weighted by Gasteiger charge is 2.06. The molecule has 0 saturated carbocycles. The number of halogens is 1. The summed E-state index contributed by atoms with van der Waals surface area (Å²) >= 11 is 0. The second-order valence-corrected chi connectivity index (χ2v) is 4.13. The van der Waals surface area contributed by atoms with E-state index in [1.165, 1.54) is 5.56 Å². The number of nitrogens with zero attached hydrogens (tertiary/aromatic N) is 1. The number of pyridine rings is 1. The highest BCUT2D eigenvalue weighted by atomic mass is 35.5. The van der Waals surface area contributed by atoms with Gasteiger partial charge >= 0.3 is 0 Å². The third-order valence-electron chi connectivity index (χ3n) is 2.64. The summed E-state index contributed by atoms with van der Waals surface area (Å²) in [6.07, 6.45) is 4.31. The Morgan fingerprint density at radius 2 is 2.00 bits per heavy atom. The van der Waals surface area contributed by atoms with Gasteiger partial charge in [-0.1, -0.05) is 23.8 Å². The first kappa shape index (κ1) is 13.5. The summed E-state index contributed by atoms with van der Waals surface area (Å²) in [5.41, 5.74) is 4.18. The lowest BCUT2D eigenvalue weighted by Crippen LogP contribution is -1.92. The smallest absolute Gasteiger partial charge is 0.122 e. The van der Waals surface area contributed by atoms with E-state index in [0.717, 1.165) is 23.1 Å². The number of hydrogen-bond acceptors (Lipinski definition) is 2. The maximum absolute atomic E-state index is 9.96. The van der Waals surface area contributed by atoms with Crippen molar-refractivity contribution in [3.8, 4) is 5.75 Å². The van der Waals surface area contributed by atoms with Crippen LogP contribution in [0.4, 0.5) is 0 Å². The van der Waals surface area contributed by atoms with Crippen molar-refractivity contribution in [3.63, 3.8) is 0 Å². The van der Waals surface area contributed by atoms with Crippen LogP contribution in [0.3, 0.4) is 0 Å². The number of aryl methyl sites for hydroxylation is 2. The quantitative estimate of drug-likeness (QED) is 0.885. The van der Waals surface area contributed by atoms with Crippen molar-refractivity contribution in [2.75, 3.05) is 0 Å². The molecule has 0 aliphatic heterocycles. The summed E-state index contributed by atoms with van der Waals surface area (Å²) < 4.78 is 0. The summed E-state index contributed by atoms with van der Waals surface area (Å²) in [5, 5.41) is 9.96. The van der Waals surface area contributed by atoms with E-state index in [-0.39, 0.29) is 12.4 Å². The molecule has 3 heteroatoms. The predicted octanol–water partition coefficient (Wildman–Crippen LogP) is 3.42. The van der Waals surface area contributed by atoms with Crippen molar-refractivity contribution in [2.45, 2.75) is 20.3 Å². The standard InChI is InChI=1S/C14H15NO.ClH/c1-10-6-11(2)14(16)13(7-10)8-12-4-3-5-15-9-12;/h3-7,9,16H,8H2,1-2H3;1H. The molecule has 17 heavy (non-hydrogen) atoms. The van der Waals surface area contributed by atoms with Gasteiger partial charge in [0.2, 0.25) is 0 Å². The average Bonchev–Trinajstić information content (AvgIpc) is 2.27. The van der Waals surface area contributed by atoms with Crippen LogP contribution in [0.1, 0.15) is 22.3 Å². The van der Waals surface area contributed by atoms with Gasteiger partial charge in [0, 0.05) is 18.8 Å². The molecule has 1 aromatic heterocycles. The van der Waals surface area contributed by atoms with Gasteiger partial charge in [-0.2, -0.15) is 0 Å². The molecule has 90 valence electrons. The highest BCUT2D eigenvalue weighted by molar-refractivity contribution is 5.85. The zero-order valence-corrected chi connectivity index (χ0v) is 10.8. The van der Waals surface area contributed by atoms with Crippen LogP contribution in [0.15, 0.2) is 36.7 Å². The van der Waals surface area contributed by atoms with E-state index >= 15 is 0 Å². The summed E-state index contributed by atoms with van der Waals surface area (Å²) in [7, 11) is 0. The number of hydrogen-bond donors (Lipinski definition) is 1. The molecule has 1 N–H and O–H groups in total. The minimum atomic E-state index is 0. The number of phenolic OH excluding ortho intramolecular Hbond substituents is 1. The van der Waals surface area contributed by atoms with E-state index < -0.39 is 0 Å². The average molecular weight is 250 g/mol. The van der Waals surface area contributed by atoms with Gasteiger partial charge in [-0.25, -0.2) is 0 Å². The van der Waals surface area contributed by atoms with E-state index in [0.29, 0.717) is 5.75 Å². The molecule has 2 nitrogen and oxygen atoms in total. The van der Waals surface area contributed by atoms with Crippen molar-refractivity contribution < 1.29 is 5.11 Å². The van der Waals surface area contributed by atoms with Gasteiger partial charge in [0.05, 0.1) is 0 Å². The molecule has 2 aromatic rings. The van der Waals surface area contributed by atoms with E-state index in [9.17, 15) is 5.11 Å². The Hall–Kier alpha value is -1.54. The number of phenols is 1. The molecular formula is C14H16ClNO. The molecule has 0 amide bonds. The Bertz CT molecular complexity index is 497. The normalized spacial score (nSPS) is 9.76. The summed E-state index contributed by atoms with van der Waals surface area (Å²) in [4.78, 5) is 4.07. The third kappa shape index (κ3) is 3.21. The molecule has 0 fully saturated rings. The van der Waals surface area contributed by atoms with Crippen LogP contribution < -0.4 is 0 Å². The Kier molecular flexibility index (Phi) is 4.53. The number of rotatable bonds is 2. The second-order valence-electron chi connectivity index (χ2n) is 4.13. The molecule has 2 rings (SSSR count). The van der Waals surface area contributed by atoms with Gasteiger partial charge in [0.25, 0.3) is 0 Å². The van der Waals surface area contributed by atoms with Crippen LogP contribution >= 0.6 is 12.4 Å². The highest BCUT2D eigenvalue weighted by Crippen LogP contribution is 2.25. The molecule has 0 unspecified atom stereocenters. The third-order valence-corrected chi connectivity index (χ3v) is 2.64. The number of aromatic nitrogens is 1. The minimum Gasteiger partial charge on any atom is -0.507 e. The fraction of sp³-hybridized carbons (Fsp3) is 0.214. The number of aromatic hydroxyl groups is 1. The minimum absolute atomic E-state index is 0. The van der Waals surface area contributed by atoms with Gasteiger partial charge in [-0.3, -0.25) is 4.98 Å². The zero-order valence-electron chi connectivity index (χ0n) is 9.97. The van der Waals surface area contributed by atoms with Crippen LogP contribution in [-0.2, 0) is 6.42 Å². The Morgan fingerprint density at radius 1 is 1.24 bits per heavy atom. The van der Waals surface area contributed by atoms with Gasteiger partial charge in [0.1, 0.15) is 5.75 Å². The van der Waals surface area contributed by atoms with Crippen LogP contribution in [0.25, 0.3) is 0 Å². The van der Waals surface area contributed by atoms with Gasteiger partial charge in [0.15, 0.2) is 0 Å². The molecule has 0 aliphatic rings. The van der Waals surface area contributed by atoms with E-state index in [2.05, 4.69) is 4.98 Å². The van der Waals surface area contributed by atoms with Crippen LogP contribution in [0.2, 0.25) is 0 Å². The monoisotopic (exact) mass is 249 g/mol. The fourth-order valence-electron chi connectivity index (χ4n) is 1.91. The first-order chi connectivity index (χ1) is 7.66.